The van der Waals surface area contributed by atoms with Crippen molar-refractivity contribution in [3.63, 3.8) is 0 Å². The Morgan fingerprint density at radius 2 is 1.77 bits per heavy atom. The lowest BCUT2D eigenvalue weighted by Crippen LogP contribution is -2.35. The van der Waals surface area contributed by atoms with Gasteiger partial charge in [0.1, 0.15) is 11.1 Å². The first kappa shape index (κ1) is 16.4. The SMILES string of the molecule is CC(C(=O)NCc1ccccc1)S(=O)Cc1ccccc1F. The molecular weight excluding hydrogens is 301 g/mol. The first-order chi connectivity index (χ1) is 10.6. The maximum absolute atomic E-state index is 13.5. The molecule has 2 aromatic rings. The molecular formula is C17H18FNO2S. The Kier molecular flexibility index (Phi) is 5.83. The van der Waals surface area contributed by atoms with Crippen LogP contribution in [-0.2, 0) is 27.9 Å². The Balaban J connectivity index is 1.90. The first-order valence-electron chi connectivity index (χ1n) is 7.00. The van der Waals surface area contributed by atoms with Crippen LogP contribution in [0.4, 0.5) is 4.39 Å². The fourth-order valence-electron chi connectivity index (χ4n) is 1.94. The van der Waals surface area contributed by atoms with Gasteiger partial charge in [0.05, 0.1) is 5.75 Å². The molecule has 1 N–H and O–H groups in total. The van der Waals surface area contributed by atoms with Crippen molar-refractivity contribution in [1.29, 1.82) is 0 Å². The number of amides is 1. The fourth-order valence-corrected chi connectivity index (χ4v) is 3.05. The van der Waals surface area contributed by atoms with E-state index in [1.807, 2.05) is 30.3 Å². The van der Waals surface area contributed by atoms with Crippen LogP contribution in [0.3, 0.4) is 0 Å². The molecule has 3 nitrogen and oxygen atoms in total. The minimum Gasteiger partial charge on any atom is -0.351 e. The van der Waals surface area contributed by atoms with Crippen molar-refractivity contribution in [1.82, 2.24) is 5.32 Å². The molecule has 2 atom stereocenters. The summed E-state index contributed by atoms with van der Waals surface area (Å²) in [5, 5.41) is 2.06. The monoisotopic (exact) mass is 319 g/mol. The second kappa shape index (κ2) is 7.84. The third-order valence-electron chi connectivity index (χ3n) is 3.33. The Labute approximate surface area is 132 Å². The largest absolute Gasteiger partial charge is 0.351 e. The summed E-state index contributed by atoms with van der Waals surface area (Å²) in [5.74, 6) is -0.654. The average molecular weight is 319 g/mol. The van der Waals surface area contributed by atoms with Crippen molar-refractivity contribution in [3.05, 3.63) is 71.5 Å². The third kappa shape index (κ3) is 4.49. The van der Waals surface area contributed by atoms with Crippen molar-refractivity contribution in [2.24, 2.45) is 0 Å². The predicted molar refractivity (Wildman–Crippen MR) is 86.0 cm³/mol. The van der Waals surface area contributed by atoms with E-state index in [0.29, 0.717) is 12.1 Å². The molecule has 0 heterocycles. The van der Waals surface area contributed by atoms with Gasteiger partial charge in [-0.1, -0.05) is 48.5 Å². The quantitative estimate of drug-likeness (QED) is 0.890. The summed E-state index contributed by atoms with van der Waals surface area (Å²) in [5.41, 5.74) is 1.34. The number of hydrogen-bond acceptors (Lipinski definition) is 2. The second-order valence-electron chi connectivity index (χ2n) is 4.96. The van der Waals surface area contributed by atoms with Gasteiger partial charge in [-0.15, -0.1) is 0 Å². The minimum absolute atomic E-state index is 0.0343. The van der Waals surface area contributed by atoms with Gasteiger partial charge in [0.15, 0.2) is 0 Å². The molecule has 116 valence electrons. The van der Waals surface area contributed by atoms with Crippen LogP contribution in [-0.4, -0.2) is 15.4 Å². The van der Waals surface area contributed by atoms with Crippen LogP contribution in [0.15, 0.2) is 54.6 Å². The van der Waals surface area contributed by atoms with Gasteiger partial charge in [-0.05, 0) is 18.6 Å². The maximum Gasteiger partial charge on any atom is 0.235 e. The fraction of sp³-hybridized carbons (Fsp3) is 0.235. The van der Waals surface area contributed by atoms with Gasteiger partial charge >= 0.3 is 0 Å². The minimum atomic E-state index is -1.47. The summed E-state index contributed by atoms with van der Waals surface area (Å²) in [6, 6.07) is 15.7. The zero-order valence-corrected chi connectivity index (χ0v) is 13.1. The highest BCUT2D eigenvalue weighted by Crippen LogP contribution is 2.12. The topological polar surface area (TPSA) is 46.2 Å². The average Bonchev–Trinajstić information content (AvgIpc) is 2.55. The van der Waals surface area contributed by atoms with Crippen molar-refractivity contribution in [2.75, 3.05) is 0 Å². The van der Waals surface area contributed by atoms with Crippen molar-refractivity contribution in [2.45, 2.75) is 24.5 Å². The molecule has 0 aliphatic rings. The number of rotatable bonds is 6. The van der Waals surface area contributed by atoms with Crippen LogP contribution in [0.1, 0.15) is 18.1 Å². The van der Waals surface area contributed by atoms with Gasteiger partial charge in [0, 0.05) is 22.9 Å². The van der Waals surface area contributed by atoms with E-state index < -0.39 is 21.9 Å². The Morgan fingerprint density at radius 1 is 1.14 bits per heavy atom. The normalized spacial score (nSPS) is 13.4. The number of nitrogens with one attached hydrogen (secondary N) is 1. The van der Waals surface area contributed by atoms with Crippen LogP contribution in [0.5, 0.6) is 0 Å². The first-order valence-corrected chi connectivity index (χ1v) is 8.38. The van der Waals surface area contributed by atoms with Crippen molar-refractivity contribution in [3.8, 4) is 0 Å². The maximum atomic E-state index is 13.5. The van der Waals surface area contributed by atoms with E-state index in [1.54, 1.807) is 25.1 Å². The summed E-state index contributed by atoms with van der Waals surface area (Å²) in [6.45, 7) is 1.98. The van der Waals surface area contributed by atoms with E-state index in [9.17, 15) is 13.4 Å². The van der Waals surface area contributed by atoms with Crippen LogP contribution < -0.4 is 5.32 Å². The molecule has 2 rings (SSSR count). The van der Waals surface area contributed by atoms with Crippen LogP contribution in [0, 0.1) is 5.82 Å². The highest BCUT2D eigenvalue weighted by Gasteiger charge is 2.20. The van der Waals surface area contributed by atoms with E-state index in [2.05, 4.69) is 5.32 Å². The molecule has 0 fully saturated rings. The Bertz CT molecular complexity index is 661. The summed E-state index contributed by atoms with van der Waals surface area (Å²) in [7, 11) is -1.47. The lowest BCUT2D eigenvalue weighted by Gasteiger charge is -2.12. The molecule has 0 saturated carbocycles. The molecule has 1 amide bonds. The Hall–Kier alpha value is -2.01. The molecule has 0 aromatic heterocycles. The number of carbonyl (C=O) groups is 1. The van der Waals surface area contributed by atoms with Crippen molar-refractivity contribution < 1.29 is 13.4 Å². The third-order valence-corrected chi connectivity index (χ3v) is 4.93. The highest BCUT2D eigenvalue weighted by molar-refractivity contribution is 7.85. The molecule has 0 radical (unpaired) electrons. The molecule has 22 heavy (non-hydrogen) atoms. The standard InChI is InChI=1S/C17H18FNO2S/c1-13(17(20)19-11-14-7-3-2-4-8-14)22(21)12-15-9-5-6-10-16(15)18/h2-10,13H,11-12H2,1H3,(H,19,20). The molecule has 0 bridgehead atoms. The lowest BCUT2D eigenvalue weighted by molar-refractivity contribution is -0.120. The van der Waals surface area contributed by atoms with Gasteiger partial charge < -0.3 is 5.32 Å². The summed E-state index contributed by atoms with van der Waals surface area (Å²) in [4.78, 5) is 12.0. The number of halogens is 1. The number of benzene rings is 2. The van der Waals surface area contributed by atoms with Crippen LogP contribution >= 0.6 is 0 Å². The summed E-state index contributed by atoms with van der Waals surface area (Å²) < 4.78 is 25.7. The van der Waals surface area contributed by atoms with E-state index in [-0.39, 0.29) is 11.7 Å². The van der Waals surface area contributed by atoms with Gasteiger partial charge in [0.2, 0.25) is 5.91 Å². The molecule has 0 aliphatic carbocycles. The summed E-state index contributed by atoms with van der Waals surface area (Å²) in [6.07, 6.45) is 0. The molecule has 0 aliphatic heterocycles. The van der Waals surface area contributed by atoms with Gasteiger partial charge in [-0.25, -0.2) is 4.39 Å². The van der Waals surface area contributed by atoms with E-state index in [4.69, 9.17) is 0 Å². The van der Waals surface area contributed by atoms with Gasteiger partial charge in [-0.2, -0.15) is 0 Å². The molecule has 5 heteroatoms. The molecule has 0 spiro atoms. The van der Waals surface area contributed by atoms with E-state index in [1.165, 1.54) is 6.07 Å². The van der Waals surface area contributed by atoms with E-state index in [0.717, 1.165) is 5.56 Å². The van der Waals surface area contributed by atoms with Crippen molar-refractivity contribution >= 4 is 16.7 Å². The molecule has 0 saturated heterocycles. The Morgan fingerprint density at radius 3 is 2.45 bits per heavy atom. The zero-order chi connectivity index (χ0) is 15.9. The second-order valence-corrected chi connectivity index (χ2v) is 6.72. The number of carbonyl (C=O) groups excluding carboxylic acids is 1. The predicted octanol–water partition coefficient (Wildman–Crippen LogP) is 2.78. The number of hydrogen-bond donors (Lipinski definition) is 1. The lowest BCUT2D eigenvalue weighted by atomic mass is 10.2. The van der Waals surface area contributed by atoms with Gasteiger partial charge in [0.25, 0.3) is 0 Å². The van der Waals surface area contributed by atoms with Crippen LogP contribution in [0.25, 0.3) is 0 Å². The van der Waals surface area contributed by atoms with E-state index >= 15 is 0 Å². The molecule has 2 unspecified atom stereocenters. The zero-order valence-electron chi connectivity index (χ0n) is 12.3. The van der Waals surface area contributed by atoms with Gasteiger partial charge in [-0.3, -0.25) is 9.00 Å². The van der Waals surface area contributed by atoms with Crippen LogP contribution in [0.2, 0.25) is 0 Å². The highest BCUT2D eigenvalue weighted by atomic mass is 32.2. The molecule has 2 aromatic carbocycles. The smallest absolute Gasteiger partial charge is 0.235 e. The summed E-state index contributed by atoms with van der Waals surface area (Å²) >= 11 is 0.